The Kier molecular flexibility index (Phi) is 4.14. The predicted octanol–water partition coefficient (Wildman–Crippen LogP) is 1.57. The molecule has 0 aromatic heterocycles. The van der Waals surface area contributed by atoms with Crippen molar-refractivity contribution >= 4 is 0 Å². The lowest BCUT2D eigenvalue weighted by molar-refractivity contribution is 0.0792. The molecule has 0 fully saturated rings. The Bertz CT molecular complexity index is 88.9. The lowest BCUT2D eigenvalue weighted by Crippen LogP contribution is -2.10. The molecule has 0 aromatic carbocycles. The lowest BCUT2D eigenvalue weighted by atomic mass is 10.3. The first-order valence-corrected chi connectivity index (χ1v) is 3.06. The number of hydrogen-bond donors (Lipinski definition) is 0. The summed E-state index contributed by atoms with van der Waals surface area (Å²) in [6.45, 7) is 8.15. The Hall–Kier alpha value is -0.500. The van der Waals surface area contributed by atoms with Crippen LogP contribution in [0.1, 0.15) is 13.8 Å². The van der Waals surface area contributed by atoms with Gasteiger partial charge in [-0.05, 0) is 13.8 Å². The molecule has 0 aromatic rings. The monoisotopic (exact) mass is 130 g/mol. The molecule has 0 radical (unpaired) electrons. The summed E-state index contributed by atoms with van der Waals surface area (Å²) in [6, 6.07) is 0. The molecule has 1 atom stereocenters. The van der Waals surface area contributed by atoms with Crippen LogP contribution in [0.15, 0.2) is 12.3 Å². The van der Waals surface area contributed by atoms with Gasteiger partial charge in [0.15, 0.2) is 0 Å². The third-order valence-corrected chi connectivity index (χ3v) is 1.14. The molecule has 0 aliphatic carbocycles. The minimum atomic E-state index is 0.00458. The third-order valence-electron chi connectivity index (χ3n) is 1.14. The molecule has 0 amide bonds. The summed E-state index contributed by atoms with van der Waals surface area (Å²) in [5.74, 6) is 0.694. The van der Waals surface area contributed by atoms with Gasteiger partial charge in [-0.1, -0.05) is 6.58 Å². The van der Waals surface area contributed by atoms with Crippen molar-refractivity contribution < 1.29 is 9.47 Å². The lowest BCUT2D eigenvalue weighted by Gasteiger charge is -2.12. The van der Waals surface area contributed by atoms with Crippen molar-refractivity contribution in [1.29, 1.82) is 0 Å². The van der Waals surface area contributed by atoms with Gasteiger partial charge in [0.05, 0.1) is 6.61 Å². The summed E-state index contributed by atoms with van der Waals surface area (Å²) in [5.41, 5.74) is 0. The summed E-state index contributed by atoms with van der Waals surface area (Å²) >= 11 is 0. The Labute approximate surface area is 56.5 Å². The summed E-state index contributed by atoms with van der Waals surface area (Å²) in [7, 11) is 1.63. The molecule has 0 unspecified atom stereocenters. The molecular weight excluding hydrogens is 116 g/mol. The Morgan fingerprint density at radius 1 is 1.67 bits per heavy atom. The minimum Gasteiger partial charge on any atom is -0.496 e. The second-order valence-corrected chi connectivity index (χ2v) is 1.78. The summed E-state index contributed by atoms with van der Waals surface area (Å²) < 4.78 is 10.0. The van der Waals surface area contributed by atoms with Gasteiger partial charge in [-0.3, -0.25) is 0 Å². The second kappa shape index (κ2) is 4.39. The first kappa shape index (κ1) is 8.50. The molecule has 0 heterocycles. The maximum atomic E-state index is 5.08. The van der Waals surface area contributed by atoms with E-state index in [1.165, 1.54) is 0 Å². The van der Waals surface area contributed by atoms with E-state index in [9.17, 15) is 0 Å². The van der Waals surface area contributed by atoms with E-state index in [1.807, 2.05) is 13.8 Å². The molecule has 0 rings (SSSR count). The minimum absolute atomic E-state index is 0.00458. The molecule has 0 aliphatic rings. The Balaban J connectivity index is 3.46. The van der Waals surface area contributed by atoms with E-state index in [-0.39, 0.29) is 6.10 Å². The number of methoxy groups -OCH3 is 1. The van der Waals surface area contributed by atoms with Crippen LogP contribution < -0.4 is 0 Å². The van der Waals surface area contributed by atoms with Gasteiger partial charge in [0, 0.05) is 7.11 Å². The normalized spacial score (nSPS) is 12.8. The van der Waals surface area contributed by atoms with Crippen LogP contribution in [-0.4, -0.2) is 19.8 Å². The van der Waals surface area contributed by atoms with Gasteiger partial charge in [-0.15, -0.1) is 0 Å². The van der Waals surface area contributed by atoms with Crippen LogP contribution >= 0.6 is 0 Å². The molecule has 2 heteroatoms. The van der Waals surface area contributed by atoms with Crippen molar-refractivity contribution in [1.82, 2.24) is 0 Å². The van der Waals surface area contributed by atoms with Crippen molar-refractivity contribution in [3.05, 3.63) is 12.3 Å². The molecule has 0 bridgehead atoms. The zero-order valence-electron chi connectivity index (χ0n) is 6.31. The van der Waals surface area contributed by atoms with Crippen molar-refractivity contribution in [2.24, 2.45) is 0 Å². The molecule has 0 aliphatic heterocycles. The van der Waals surface area contributed by atoms with Gasteiger partial charge in [-0.25, -0.2) is 0 Å². The van der Waals surface area contributed by atoms with Crippen molar-refractivity contribution in [2.75, 3.05) is 13.7 Å². The first-order chi connectivity index (χ1) is 4.22. The van der Waals surface area contributed by atoms with E-state index in [0.717, 1.165) is 0 Å². The SMILES string of the molecule is C=C(OCC)[C@H](C)OC. The number of rotatable bonds is 4. The van der Waals surface area contributed by atoms with Crippen molar-refractivity contribution in [3.8, 4) is 0 Å². The fraction of sp³-hybridized carbons (Fsp3) is 0.714. The standard InChI is InChI=1S/C7H14O2/c1-5-9-7(3)6(2)8-4/h6H,3,5H2,1-2,4H3/t6-/m0/s1. The quantitative estimate of drug-likeness (QED) is 0.538. The van der Waals surface area contributed by atoms with Crippen LogP contribution in [0, 0.1) is 0 Å². The Morgan fingerprint density at radius 2 is 2.22 bits per heavy atom. The molecule has 54 valence electrons. The van der Waals surface area contributed by atoms with Crippen molar-refractivity contribution in [3.63, 3.8) is 0 Å². The van der Waals surface area contributed by atoms with E-state index < -0.39 is 0 Å². The van der Waals surface area contributed by atoms with Gasteiger partial charge in [-0.2, -0.15) is 0 Å². The number of ether oxygens (including phenoxy) is 2. The Morgan fingerprint density at radius 3 is 2.56 bits per heavy atom. The van der Waals surface area contributed by atoms with E-state index in [4.69, 9.17) is 9.47 Å². The maximum Gasteiger partial charge on any atom is 0.117 e. The largest absolute Gasteiger partial charge is 0.496 e. The zero-order valence-corrected chi connectivity index (χ0v) is 6.31. The molecule has 0 spiro atoms. The smallest absolute Gasteiger partial charge is 0.117 e. The van der Waals surface area contributed by atoms with E-state index in [1.54, 1.807) is 7.11 Å². The average molecular weight is 130 g/mol. The predicted molar refractivity (Wildman–Crippen MR) is 37.2 cm³/mol. The summed E-state index contributed by atoms with van der Waals surface area (Å²) in [5, 5.41) is 0. The second-order valence-electron chi connectivity index (χ2n) is 1.78. The molecule has 2 nitrogen and oxygen atoms in total. The van der Waals surface area contributed by atoms with Gasteiger partial charge >= 0.3 is 0 Å². The van der Waals surface area contributed by atoms with E-state index >= 15 is 0 Å². The van der Waals surface area contributed by atoms with Crippen LogP contribution in [0.5, 0.6) is 0 Å². The first-order valence-electron chi connectivity index (χ1n) is 3.06. The van der Waals surface area contributed by atoms with Crippen LogP contribution in [0.4, 0.5) is 0 Å². The molecule has 0 saturated carbocycles. The third kappa shape index (κ3) is 3.14. The molecular formula is C7H14O2. The maximum absolute atomic E-state index is 5.08. The van der Waals surface area contributed by atoms with Crippen LogP contribution in [-0.2, 0) is 9.47 Å². The average Bonchev–Trinajstić information content (AvgIpc) is 1.87. The molecule has 0 saturated heterocycles. The van der Waals surface area contributed by atoms with Gasteiger partial charge in [0.2, 0.25) is 0 Å². The highest BCUT2D eigenvalue weighted by atomic mass is 16.5. The fourth-order valence-electron chi connectivity index (χ4n) is 0.434. The van der Waals surface area contributed by atoms with Gasteiger partial charge in [0.25, 0.3) is 0 Å². The topological polar surface area (TPSA) is 18.5 Å². The highest BCUT2D eigenvalue weighted by Crippen LogP contribution is 2.02. The van der Waals surface area contributed by atoms with E-state index in [0.29, 0.717) is 12.4 Å². The van der Waals surface area contributed by atoms with Crippen LogP contribution in [0.25, 0.3) is 0 Å². The highest BCUT2D eigenvalue weighted by molar-refractivity contribution is 4.89. The summed E-state index contributed by atoms with van der Waals surface area (Å²) in [4.78, 5) is 0. The van der Waals surface area contributed by atoms with Gasteiger partial charge < -0.3 is 9.47 Å². The number of hydrogen-bond acceptors (Lipinski definition) is 2. The molecule has 9 heavy (non-hydrogen) atoms. The van der Waals surface area contributed by atoms with Crippen LogP contribution in [0.2, 0.25) is 0 Å². The fourth-order valence-corrected chi connectivity index (χ4v) is 0.434. The molecule has 0 N–H and O–H groups in total. The summed E-state index contributed by atoms with van der Waals surface area (Å²) in [6.07, 6.45) is 0.00458. The van der Waals surface area contributed by atoms with Crippen molar-refractivity contribution in [2.45, 2.75) is 20.0 Å². The van der Waals surface area contributed by atoms with E-state index in [2.05, 4.69) is 6.58 Å². The highest BCUT2D eigenvalue weighted by Gasteiger charge is 2.03. The van der Waals surface area contributed by atoms with Crippen LogP contribution in [0.3, 0.4) is 0 Å². The zero-order chi connectivity index (χ0) is 7.28. The van der Waals surface area contributed by atoms with Gasteiger partial charge in [0.1, 0.15) is 11.9 Å².